The molecule has 0 N–H and O–H groups in total. The van der Waals surface area contributed by atoms with E-state index in [1.807, 2.05) is 72.8 Å². The maximum Gasteiger partial charge on any atom is 0.416 e. The Morgan fingerprint density at radius 2 is 0.673 bits per heavy atom. The molecule has 0 bridgehead atoms. The van der Waals surface area contributed by atoms with Crippen molar-refractivity contribution in [2.45, 2.75) is 17.8 Å². The first-order valence-corrected chi connectivity index (χ1v) is 14.8. The van der Waals surface area contributed by atoms with Gasteiger partial charge in [-0.15, -0.1) is 20.4 Å². The molecule has 2 heterocycles. The van der Waals surface area contributed by atoms with Gasteiger partial charge in [-0.25, -0.2) is 0 Å². The van der Waals surface area contributed by atoms with Crippen LogP contribution in [0.2, 0.25) is 0 Å². The van der Waals surface area contributed by atoms with Gasteiger partial charge in [0.25, 0.3) is 5.41 Å². The van der Waals surface area contributed by atoms with Crippen molar-refractivity contribution in [1.82, 2.24) is 20.4 Å². The first-order valence-electron chi connectivity index (χ1n) is 14.8. The van der Waals surface area contributed by atoms with E-state index >= 15 is 0 Å². The maximum atomic E-state index is 14.8. The smallest absolute Gasteiger partial charge is 0.416 e. The van der Waals surface area contributed by atoms with Crippen molar-refractivity contribution >= 4 is 0 Å². The van der Waals surface area contributed by atoms with Crippen LogP contribution in [0.4, 0.5) is 26.3 Å². The number of rotatable bonds is 7. The Morgan fingerprint density at radius 1 is 0.347 bits per heavy atom. The van der Waals surface area contributed by atoms with Crippen LogP contribution in [0.1, 0.15) is 11.5 Å². The molecule has 12 heteroatoms. The molecule has 49 heavy (non-hydrogen) atoms. The van der Waals surface area contributed by atoms with Gasteiger partial charge in [0.15, 0.2) is 0 Å². The van der Waals surface area contributed by atoms with Gasteiger partial charge < -0.3 is 8.83 Å². The fraction of sp³-hybridized carbons (Fsp3) is 0.0811. The predicted octanol–water partition coefficient (Wildman–Crippen LogP) is 10.2. The molecule has 6 nitrogen and oxygen atoms in total. The topological polar surface area (TPSA) is 77.8 Å². The van der Waals surface area contributed by atoms with Crippen molar-refractivity contribution in [3.63, 3.8) is 0 Å². The molecule has 5 aromatic carbocycles. The summed E-state index contributed by atoms with van der Waals surface area (Å²) in [6, 6.07) is 35.8. The molecule has 0 fully saturated rings. The Labute approximate surface area is 274 Å². The standard InChI is InChI=1S/C37H22F6N4O2/c38-36(39,40)35(37(41,42)43,34-47-46-33(49-34)28-17-13-26(14-18-28)24-9-5-2-6-10-24)30-21-19-29(20-22-30)32-45-44-31(48-32)27-15-11-25(12-16-27)23-7-3-1-4-8-23/h1-22H. The molecule has 244 valence electrons. The van der Waals surface area contributed by atoms with E-state index in [1.165, 1.54) is 12.1 Å². The minimum Gasteiger partial charge on any atom is -0.419 e. The number of hydrogen-bond acceptors (Lipinski definition) is 6. The van der Waals surface area contributed by atoms with Gasteiger partial charge in [0.05, 0.1) is 0 Å². The largest absolute Gasteiger partial charge is 0.419 e. The van der Waals surface area contributed by atoms with E-state index in [1.54, 1.807) is 24.3 Å². The second-order valence-electron chi connectivity index (χ2n) is 11.0. The summed E-state index contributed by atoms with van der Waals surface area (Å²) in [6.45, 7) is 0. The lowest BCUT2D eigenvalue weighted by Gasteiger charge is -2.34. The summed E-state index contributed by atoms with van der Waals surface area (Å²) in [5, 5.41) is 14.8. The second kappa shape index (κ2) is 12.2. The fourth-order valence-electron chi connectivity index (χ4n) is 5.54. The average Bonchev–Trinajstić information content (AvgIpc) is 3.80. The Balaban J connectivity index is 1.19. The second-order valence-corrected chi connectivity index (χ2v) is 11.0. The van der Waals surface area contributed by atoms with Crippen molar-refractivity contribution in [1.29, 1.82) is 0 Å². The number of benzene rings is 5. The molecule has 7 rings (SSSR count). The third kappa shape index (κ3) is 5.75. The summed E-state index contributed by atoms with van der Waals surface area (Å²) in [6.07, 6.45) is -11.8. The summed E-state index contributed by atoms with van der Waals surface area (Å²) in [5.41, 5.74) is -1.39. The molecule has 0 aliphatic carbocycles. The van der Waals surface area contributed by atoms with E-state index < -0.39 is 35.1 Å². The van der Waals surface area contributed by atoms with Crippen LogP contribution in [-0.2, 0) is 5.41 Å². The van der Waals surface area contributed by atoms with Crippen LogP contribution in [0.3, 0.4) is 0 Å². The van der Waals surface area contributed by atoms with Crippen LogP contribution in [-0.4, -0.2) is 32.7 Å². The normalized spacial score (nSPS) is 12.3. The van der Waals surface area contributed by atoms with Gasteiger partial charge in [-0.05, 0) is 64.2 Å². The van der Waals surface area contributed by atoms with Gasteiger partial charge in [-0.1, -0.05) is 97.1 Å². The third-order valence-corrected chi connectivity index (χ3v) is 8.06. The van der Waals surface area contributed by atoms with Crippen molar-refractivity contribution in [2.24, 2.45) is 0 Å². The lowest BCUT2D eigenvalue weighted by atomic mass is 9.78. The zero-order chi connectivity index (χ0) is 34.2. The number of alkyl halides is 6. The molecule has 2 aromatic heterocycles. The Bertz CT molecular complexity index is 2160. The first kappa shape index (κ1) is 31.6. The molecule has 0 unspecified atom stereocenters. The van der Waals surface area contributed by atoms with Crippen LogP contribution < -0.4 is 0 Å². The zero-order valence-corrected chi connectivity index (χ0v) is 25.1. The number of halogens is 6. The van der Waals surface area contributed by atoms with Gasteiger partial charge in [0, 0.05) is 16.7 Å². The molecule has 0 saturated carbocycles. The highest BCUT2D eigenvalue weighted by atomic mass is 19.4. The fourth-order valence-corrected chi connectivity index (χ4v) is 5.54. The molecule has 0 saturated heterocycles. The van der Waals surface area contributed by atoms with Crippen LogP contribution in [0.15, 0.2) is 142 Å². The minimum atomic E-state index is -5.92. The number of nitrogens with zero attached hydrogens (tertiary/aromatic N) is 4. The monoisotopic (exact) mass is 668 g/mol. The zero-order valence-electron chi connectivity index (χ0n) is 25.1. The van der Waals surface area contributed by atoms with Crippen LogP contribution >= 0.6 is 0 Å². The van der Waals surface area contributed by atoms with E-state index in [9.17, 15) is 26.3 Å². The van der Waals surface area contributed by atoms with Crippen molar-refractivity contribution in [3.05, 3.63) is 145 Å². The molecule has 7 aromatic rings. The van der Waals surface area contributed by atoms with Crippen molar-refractivity contribution < 1.29 is 35.2 Å². The highest BCUT2D eigenvalue weighted by Gasteiger charge is 2.76. The van der Waals surface area contributed by atoms with Crippen molar-refractivity contribution in [2.75, 3.05) is 0 Å². The van der Waals surface area contributed by atoms with Crippen LogP contribution in [0.25, 0.3) is 56.6 Å². The third-order valence-electron chi connectivity index (χ3n) is 8.06. The van der Waals surface area contributed by atoms with E-state index in [-0.39, 0.29) is 22.9 Å². The molecule has 0 spiro atoms. The van der Waals surface area contributed by atoms with Crippen LogP contribution in [0, 0.1) is 0 Å². The SMILES string of the molecule is FC(F)(F)C(c1ccc(-c2nnc(-c3ccc(-c4ccccc4)cc3)o2)cc1)(c1nnc(-c2ccc(-c3ccccc3)cc2)o1)C(F)(F)F. The molecule has 0 aliphatic rings. The van der Waals surface area contributed by atoms with Crippen molar-refractivity contribution in [3.8, 4) is 56.6 Å². The van der Waals surface area contributed by atoms with E-state index in [0.29, 0.717) is 17.7 Å². The number of aromatic nitrogens is 4. The lowest BCUT2D eigenvalue weighted by Crippen LogP contribution is -2.55. The molecule has 0 aliphatic heterocycles. The summed E-state index contributed by atoms with van der Waals surface area (Å²) >= 11 is 0. The molecule has 0 radical (unpaired) electrons. The summed E-state index contributed by atoms with van der Waals surface area (Å²) in [4.78, 5) is 0. The molecular weight excluding hydrogens is 646 g/mol. The van der Waals surface area contributed by atoms with Gasteiger partial charge in [0.2, 0.25) is 23.6 Å². The molecular formula is C37H22F6N4O2. The summed E-state index contributed by atoms with van der Waals surface area (Å²) in [7, 11) is 0. The summed E-state index contributed by atoms with van der Waals surface area (Å²) in [5.74, 6) is -2.15. The molecule has 0 amide bonds. The highest BCUT2D eigenvalue weighted by molar-refractivity contribution is 5.68. The maximum absolute atomic E-state index is 14.8. The van der Waals surface area contributed by atoms with Gasteiger partial charge >= 0.3 is 12.4 Å². The Kier molecular flexibility index (Phi) is 7.86. The quantitative estimate of drug-likeness (QED) is 0.157. The van der Waals surface area contributed by atoms with E-state index in [0.717, 1.165) is 34.4 Å². The lowest BCUT2D eigenvalue weighted by molar-refractivity contribution is -0.294. The molecule has 0 atom stereocenters. The Hall–Kier alpha value is -6.04. The summed E-state index contributed by atoms with van der Waals surface area (Å²) < 4.78 is 99.5. The Morgan fingerprint density at radius 3 is 1.08 bits per heavy atom. The average molecular weight is 669 g/mol. The van der Waals surface area contributed by atoms with E-state index in [4.69, 9.17) is 8.83 Å². The van der Waals surface area contributed by atoms with Gasteiger partial charge in [-0.2, -0.15) is 26.3 Å². The van der Waals surface area contributed by atoms with Gasteiger partial charge in [-0.3, -0.25) is 0 Å². The highest BCUT2D eigenvalue weighted by Crippen LogP contribution is 2.56. The minimum absolute atomic E-state index is 0.0997. The van der Waals surface area contributed by atoms with Gasteiger partial charge in [0.1, 0.15) is 0 Å². The van der Waals surface area contributed by atoms with Crippen LogP contribution in [0.5, 0.6) is 0 Å². The predicted molar refractivity (Wildman–Crippen MR) is 169 cm³/mol. The number of hydrogen-bond donors (Lipinski definition) is 0. The van der Waals surface area contributed by atoms with E-state index in [2.05, 4.69) is 20.4 Å². The first-order chi connectivity index (χ1) is 23.5.